The van der Waals surface area contributed by atoms with Crippen molar-refractivity contribution in [1.82, 2.24) is 0 Å². The van der Waals surface area contributed by atoms with Crippen molar-refractivity contribution < 1.29 is 35.4 Å². The van der Waals surface area contributed by atoms with Crippen molar-refractivity contribution in [3.63, 3.8) is 0 Å². The monoisotopic (exact) mass is 196 g/mol. The van der Waals surface area contributed by atoms with Crippen LogP contribution in [0.2, 0.25) is 0 Å². The second-order valence-electron chi connectivity index (χ2n) is 2.58. The first-order chi connectivity index (χ1) is 5.90. The van der Waals surface area contributed by atoms with Crippen LogP contribution >= 0.6 is 0 Å². The van der Waals surface area contributed by atoms with E-state index in [1.165, 1.54) is 0 Å². The molecule has 0 unspecified atom stereocenters. The van der Waals surface area contributed by atoms with Gasteiger partial charge in [-0.15, -0.1) is 0 Å². The van der Waals surface area contributed by atoms with E-state index in [0.29, 0.717) is 0 Å². The number of hydrogen-bond acceptors (Lipinski definition) is 6. The lowest BCUT2D eigenvalue weighted by atomic mass is 9.94. The lowest BCUT2D eigenvalue weighted by molar-refractivity contribution is -0.191. The van der Waals surface area contributed by atoms with Crippen LogP contribution in [0.4, 0.5) is 0 Å². The highest BCUT2D eigenvalue weighted by Gasteiger charge is 2.46. The Morgan fingerprint density at radius 1 is 1.31 bits per heavy atom. The molecule has 0 rings (SSSR count). The molecule has 0 aliphatic carbocycles. The molecule has 3 atom stereocenters. The molecule has 0 bridgehead atoms. The Morgan fingerprint density at radius 2 is 1.77 bits per heavy atom. The number of carboxylic acid groups (broad SMARTS) is 1. The fraction of sp³-hybridized carbons (Fsp3) is 0.833. The van der Waals surface area contributed by atoms with Gasteiger partial charge in [0, 0.05) is 0 Å². The van der Waals surface area contributed by atoms with Gasteiger partial charge in [0.15, 0.2) is 0 Å². The first-order valence-electron chi connectivity index (χ1n) is 3.43. The Bertz CT molecular complexity index is 182. The van der Waals surface area contributed by atoms with E-state index in [1.54, 1.807) is 0 Å². The van der Waals surface area contributed by atoms with Gasteiger partial charge in [-0.3, -0.25) is 0 Å². The molecule has 0 aromatic rings. The highest BCUT2D eigenvalue weighted by atomic mass is 16.4. The first kappa shape index (κ1) is 12.3. The predicted molar refractivity (Wildman–Crippen MR) is 38.8 cm³/mol. The lowest BCUT2D eigenvalue weighted by Crippen LogP contribution is -2.58. The van der Waals surface area contributed by atoms with Crippen molar-refractivity contribution in [2.24, 2.45) is 0 Å². The zero-order chi connectivity index (χ0) is 10.6. The maximum absolute atomic E-state index is 10.4. The number of aliphatic carboxylic acids is 1. The van der Waals surface area contributed by atoms with Crippen LogP contribution in [0.25, 0.3) is 0 Å². The average molecular weight is 196 g/mol. The number of rotatable bonds is 5. The summed E-state index contributed by atoms with van der Waals surface area (Å²) in [5.74, 6) is -1.88. The van der Waals surface area contributed by atoms with Gasteiger partial charge in [-0.05, 0) is 0 Å². The summed E-state index contributed by atoms with van der Waals surface area (Å²) in [5, 5.41) is 52.1. The highest BCUT2D eigenvalue weighted by Crippen LogP contribution is 2.13. The molecule has 0 spiro atoms. The van der Waals surface area contributed by atoms with Crippen molar-refractivity contribution in [2.45, 2.75) is 17.8 Å². The van der Waals surface area contributed by atoms with Crippen LogP contribution in [-0.2, 0) is 4.79 Å². The van der Waals surface area contributed by atoms with Crippen LogP contribution in [0.1, 0.15) is 0 Å². The molecule has 0 radical (unpaired) electrons. The maximum Gasteiger partial charge on any atom is 0.341 e. The molecular formula is C6H12O7. The molecule has 13 heavy (non-hydrogen) atoms. The molecule has 0 saturated heterocycles. The summed E-state index contributed by atoms with van der Waals surface area (Å²) in [7, 11) is 0. The van der Waals surface area contributed by atoms with Gasteiger partial charge in [-0.2, -0.15) is 0 Å². The van der Waals surface area contributed by atoms with Gasteiger partial charge in [0.1, 0.15) is 12.2 Å². The number of aliphatic hydroxyl groups excluding tert-OH is 4. The quantitative estimate of drug-likeness (QED) is 0.268. The summed E-state index contributed by atoms with van der Waals surface area (Å²) < 4.78 is 0. The minimum atomic E-state index is -2.86. The van der Waals surface area contributed by atoms with Gasteiger partial charge in [-0.1, -0.05) is 0 Å². The van der Waals surface area contributed by atoms with Gasteiger partial charge in [0.05, 0.1) is 13.2 Å². The first-order valence-corrected chi connectivity index (χ1v) is 3.43. The van der Waals surface area contributed by atoms with Crippen molar-refractivity contribution in [2.75, 3.05) is 13.2 Å². The third kappa shape index (κ3) is 2.36. The van der Waals surface area contributed by atoms with E-state index in [-0.39, 0.29) is 0 Å². The molecule has 6 N–H and O–H groups in total. The third-order valence-corrected chi connectivity index (χ3v) is 1.65. The summed E-state index contributed by atoms with van der Waals surface area (Å²) >= 11 is 0. The summed E-state index contributed by atoms with van der Waals surface area (Å²) in [6, 6.07) is 0. The van der Waals surface area contributed by atoms with E-state index in [4.69, 9.17) is 30.6 Å². The zero-order valence-corrected chi connectivity index (χ0v) is 6.66. The second-order valence-corrected chi connectivity index (χ2v) is 2.58. The highest BCUT2D eigenvalue weighted by molar-refractivity contribution is 5.78. The standard InChI is InChI=1S/C6H12O7/c7-1-3(9)4(10)6(13,2-8)5(11)12/h3-4,7-10,13H,1-2H2,(H,11,12)/t3-,4-,6+/m1/s1. The fourth-order valence-corrected chi connectivity index (χ4v) is 0.706. The molecular weight excluding hydrogens is 184 g/mol. The summed E-state index contributed by atoms with van der Waals surface area (Å²) in [5.41, 5.74) is -2.86. The van der Waals surface area contributed by atoms with Gasteiger partial charge in [-0.25, -0.2) is 4.79 Å². The topological polar surface area (TPSA) is 138 Å². The molecule has 0 aromatic carbocycles. The van der Waals surface area contributed by atoms with E-state index in [1.807, 2.05) is 0 Å². The van der Waals surface area contributed by atoms with Crippen LogP contribution in [0, 0.1) is 0 Å². The van der Waals surface area contributed by atoms with Crippen LogP contribution < -0.4 is 0 Å². The molecule has 7 nitrogen and oxygen atoms in total. The molecule has 0 aliphatic rings. The molecule has 0 heterocycles. The molecule has 7 heteroatoms. The van der Waals surface area contributed by atoms with Gasteiger partial charge in [0.2, 0.25) is 5.60 Å². The normalized spacial score (nSPS) is 20.4. The third-order valence-electron chi connectivity index (χ3n) is 1.65. The number of carboxylic acids is 1. The predicted octanol–water partition coefficient (Wildman–Crippen LogP) is -3.49. The molecule has 0 amide bonds. The van der Waals surface area contributed by atoms with Crippen LogP contribution in [-0.4, -0.2) is 67.6 Å². The Kier molecular flexibility index (Phi) is 4.24. The maximum atomic E-state index is 10.4. The average Bonchev–Trinajstić information content (AvgIpc) is 2.13. The molecule has 0 fully saturated rings. The van der Waals surface area contributed by atoms with E-state index in [2.05, 4.69) is 0 Å². The number of carbonyl (C=O) groups is 1. The Morgan fingerprint density at radius 3 is 2.00 bits per heavy atom. The summed E-state index contributed by atoms with van der Waals surface area (Å²) in [6.07, 6.45) is -3.98. The Labute approximate surface area is 73.5 Å². The molecule has 0 aliphatic heterocycles. The SMILES string of the molecule is O=C(O)[C@](O)(CO)[C@H](O)[C@H](O)CO. The summed E-state index contributed by atoms with van der Waals surface area (Å²) in [4.78, 5) is 10.4. The van der Waals surface area contributed by atoms with Crippen molar-refractivity contribution in [1.29, 1.82) is 0 Å². The summed E-state index contributed by atoms with van der Waals surface area (Å²) in [6.45, 7) is -2.18. The molecule has 0 aromatic heterocycles. The van der Waals surface area contributed by atoms with Gasteiger partial charge in [0.25, 0.3) is 0 Å². The Hall–Kier alpha value is -0.730. The van der Waals surface area contributed by atoms with E-state index in [9.17, 15) is 4.79 Å². The minimum Gasteiger partial charge on any atom is -0.479 e. The number of hydrogen-bond donors (Lipinski definition) is 6. The van der Waals surface area contributed by atoms with E-state index in [0.717, 1.165) is 0 Å². The minimum absolute atomic E-state index is 0.920. The molecule has 78 valence electrons. The van der Waals surface area contributed by atoms with Crippen molar-refractivity contribution in [3.05, 3.63) is 0 Å². The Balaban J connectivity index is 4.65. The van der Waals surface area contributed by atoms with E-state index < -0.39 is 37.0 Å². The van der Waals surface area contributed by atoms with Crippen molar-refractivity contribution >= 4 is 5.97 Å². The van der Waals surface area contributed by atoms with Crippen LogP contribution in [0.3, 0.4) is 0 Å². The lowest BCUT2D eigenvalue weighted by Gasteiger charge is -2.29. The fourth-order valence-electron chi connectivity index (χ4n) is 0.706. The van der Waals surface area contributed by atoms with Gasteiger partial charge < -0.3 is 30.6 Å². The zero-order valence-electron chi connectivity index (χ0n) is 6.66. The van der Waals surface area contributed by atoms with Crippen molar-refractivity contribution in [3.8, 4) is 0 Å². The molecule has 0 saturated carbocycles. The second kappa shape index (κ2) is 4.49. The van der Waals surface area contributed by atoms with Crippen LogP contribution in [0.5, 0.6) is 0 Å². The van der Waals surface area contributed by atoms with Crippen LogP contribution in [0.15, 0.2) is 0 Å². The number of aliphatic hydroxyl groups is 5. The smallest absolute Gasteiger partial charge is 0.341 e. The largest absolute Gasteiger partial charge is 0.479 e. The van der Waals surface area contributed by atoms with Gasteiger partial charge >= 0.3 is 5.97 Å². The van der Waals surface area contributed by atoms with E-state index >= 15 is 0 Å².